The molecular formula is C69H126N8O9. The zero-order valence-electron chi connectivity index (χ0n) is 54.7. The van der Waals surface area contributed by atoms with E-state index in [2.05, 4.69) is 78.8 Å². The summed E-state index contributed by atoms with van der Waals surface area (Å²) in [6, 6.07) is 0. The fraction of sp³-hybridized carbons (Fsp3) is 0.957. The number of nitrogens with one attached hydrogen (secondary N) is 7. The van der Waals surface area contributed by atoms with E-state index in [1.54, 1.807) is 0 Å². The Hall–Kier alpha value is -2.19. The summed E-state index contributed by atoms with van der Waals surface area (Å²) in [7, 11) is 0. The molecule has 0 radical (unpaired) electrons. The van der Waals surface area contributed by atoms with E-state index in [4.69, 9.17) is 10.5 Å². The minimum absolute atomic E-state index is 0.0237. The topological polar surface area (TPSA) is 272 Å². The molecule has 8 fully saturated rings. The largest absolute Gasteiger partial charge is 0.446 e. The van der Waals surface area contributed by atoms with Crippen molar-refractivity contribution in [3.8, 4) is 0 Å². The summed E-state index contributed by atoms with van der Waals surface area (Å²) in [5.74, 6) is 3.44. The number of amides is 3. The maximum Gasteiger partial charge on any atom is 0.407 e. The Bertz CT molecular complexity index is 2100. The predicted octanol–water partition coefficient (Wildman–Crippen LogP) is 7.15. The minimum atomic E-state index is -0.451. The van der Waals surface area contributed by atoms with E-state index in [1.807, 2.05) is 0 Å². The van der Waals surface area contributed by atoms with E-state index in [9.17, 15) is 39.9 Å². The van der Waals surface area contributed by atoms with Crippen LogP contribution in [0, 0.1) is 92.7 Å². The summed E-state index contributed by atoms with van der Waals surface area (Å²) in [6.07, 6.45) is 20.2. The number of fused-ring (bicyclic) bond motifs is 10. The molecule has 14 N–H and O–H groups in total. The Morgan fingerprint density at radius 2 is 0.884 bits per heavy atom. The average Bonchev–Trinajstić information content (AvgIpc) is 1.31. The molecule has 0 aromatic rings. The number of carbonyl (C=O) groups excluding carboxylic acids is 3. The van der Waals surface area contributed by atoms with Crippen molar-refractivity contribution in [2.24, 2.45) is 98.4 Å². The van der Waals surface area contributed by atoms with Gasteiger partial charge < -0.3 is 73.2 Å². The van der Waals surface area contributed by atoms with Gasteiger partial charge in [0.1, 0.15) is 6.10 Å². The first-order chi connectivity index (χ1) is 41.3. The fourth-order valence-electron chi connectivity index (χ4n) is 20.9. The van der Waals surface area contributed by atoms with Gasteiger partial charge >= 0.3 is 6.09 Å². The molecule has 3 amide bonds. The SMILES string of the molecule is C[C@H](CCC(=O)NCCCNCCCCNCCCNC(=O)OC1CCC2(C)C(C1)CC(O)C1C2CC(O)C2(C)C1CCC2[C@H](C)CCC(=O)NCCCNCCCCNCCCN)C1CCC2C3C(O)CC4CC(O)CCC4(C)C3CC(O)C21C. The molecule has 496 valence electrons. The molecule has 20 unspecified atom stereocenters. The van der Waals surface area contributed by atoms with Crippen LogP contribution in [0.1, 0.15) is 208 Å². The van der Waals surface area contributed by atoms with Crippen LogP contribution in [0.15, 0.2) is 0 Å². The highest BCUT2D eigenvalue weighted by molar-refractivity contribution is 5.76. The molecule has 17 nitrogen and oxygen atoms in total. The lowest BCUT2D eigenvalue weighted by atomic mass is 9.43. The van der Waals surface area contributed by atoms with Gasteiger partial charge in [0.15, 0.2) is 0 Å². The number of rotatable bonds is 34. The molecule has 8 aliphatic rings. The number of ether oxygens (including phenoxy) is 1. The molecule has 0 aromatic carbocycles. The lowest BCUT2D eigenvalue weighted by molar-refractivity contribution is -0.207. The van der Waals surface area contributed by atoms with Crippen LogP contribution in [0.3, 0.4) is 0 Å². The second kappa shape index (κ2) is 32.4. The number of hydrogen-bond acceptors (Lipinski definition) is 14. The number of unbranched alkanes of at least 4 members (excludes halogenated alkanes) is 2. The number of nitrogens with two attached hydrogens (primary N) is 1. The Kier molecular flexibility index (Phi) is 26.2. The Labute approximate surface area is 519 Å². The third-order valence-corrected chi connectivity index (χ3v) is 25.9. The van der Waals surface area contributed by atoms with Crippen LogP contribution < -0.4 is 43.0 Å². The Morgan fingerprint density at radius 1 is 0.477 bits per heavy atom. The standard InChI is InChI=1S/C69H126N8O9/c1-45(51-17-19-53-63-55(43-59(81)68(51,53)5)66(3)25-23-49(78)39-47(66)41-57(63)79)15-21-61(83)76-37-13-34-73-30-9-10-31-74-35-14-38-77-65(85)86-50-24-26-67(4)48(40-50)42-58(80)64-54-20-18-52(69(54,6)60(82)44-56(64)67)46(2)16-22-62(84)75-36-12-33-72-29-8-7-28-71-32-11-27-70/h45-60,63-64,71-74,78-82H,7-44,70H2,1-6H3,(H,75,84)(H,76,83)(H,77,85)/t45-,46-,47?,48?,49?,50?,51?,52?,53?,54?,55?,56?,57?,58?,59?,60?,63?,64?,66?,67?,68?,69?/m1/s1. The van der Waals surface area contributed by atoms with Gasteiger partial charge in [-0.2, -0.15) is 0 Å². The maximum atomic E-state index is 13.0. The van der Waals surface area contributed by atoms with Crippen molar-refractivity contribution in [3.63, 3.8) is 0 Å². The predicted molar refractivity (Wildman–Crippen MR) is 341 cm³/mol. The molecule has 0 aliphatic heterocycles. The molecule has 8 aliphatic carbocycles. The minimum Gasteiger partial charge on any atom is -0.446 e. The summed E-state index contributed by atoms with van der Waals surface area (Å²) >= 11 is 0. The molecule has 17 heteroatoms. The molecule has 0 aromatic heterocycles. The van der Waals surface area contributed by atoms with Gasteiger partial charge in [0.05, 0.1) is 30.5 Å². The van der Waals surface area contributed by atoms with Crippen molar-refractivity contribution in [2.45, 2.75) is 245 Å². The average molecular weight is 1210 g/mol. The van der Waals surface area contributed by atoms with Crippen LogP contribution in [0.2, 0.25) is 0 Å². The molecule has 0 bridgehead atoms. The van der Waals surface area contributed by atoms with Gasteiger partial charge in [-0.15, -0.1) is 0 Å². The second-order valence-electron chi connectivity index (χ2n) is 30.7. The first-order valence-corrected chi connectivity index (χ1v) is 35.7. The second-order valence-corrected chi connectivity index (χ2v) is 30.7. The van der Waals surface area contributed by atoms with Gasteiger partial charge in [0.2, 0.25) is 11.8 Å². The quantitative estimate of drug-likeness (QED) is 0.0286. The normalized spacial score (nSPS) is 39.6. The fourth-order valence-corrected chi connectivity index (χ4v) is 20.9. The first-order valence-electron chi connectivity index (χ1n) is 35.7. The first kappa shape index (κ1) is 69.7. The molecule has 0 heterocycles. The van der Waals surface area contributed by atoms with Crippen LogP contribution in [0.4, 0.5) is 4.79 Å². The lowest BCUT2D eigenvalue weighted by Gasteiger charge is -2.63. The summed E-state index contributed by atoms with van der Waals surface area (Å²) in [5, 5.41) is 81.4. The Morgan fingerprint density at radius 3 is 1.34 bits per heavy atom. The van der Waals surface area contributed by atoms with Crippen LogP contribution >= 0.6 is 0 Å². The van der Waals surface area contributed by atoms with Gasteiger partial charge in [-0.05, 0) is 306 Å². The summed E-state index contributed by atoms with van der Waals surface area (Å²) in [6.45, 7) is 23.9. The number of aliphatic hydroxyl groups excluding tert-OH is 5. The van der Waals surface area contributed by atoms with Gasteiger partial charge in [0.25, 0.3) is 0 Å². The zero-order valence-corrected chi connectivity index (χ0v) is 54.7. The highest BCUT2D eigenvalue weighted by Gasteiger charge is 2.68. The number of carbonyl (C=O) groups is 3. The van der Waals surface area contributed by atoms with Crippen LogP contribution in [0.25, 0.3) is 0 Å². The van der Waals surface area contributed by atoms with Crippen molar-refractivity contribution in [2.75, 3.05) is 78.5 Å². The maximum absolute atomic E-state index is 13.0. The third-order valence-electron chi connectivity index (χ3n) is 25.9. The molecule has 0 spiro atoms. The zero-order chi connectivity index (χ0) is 61.7. The summed E-state index contributed by atoms with van der Waals surface area (Å²) in [5.41, 5.74) is 5.06. The molecular weight excluding hydrogens is 1080 g/mol. The van der Waals surface area contributed by atoms with Crippen molar-refractivity contribution < 1.29 is 44.7 Å². The van der Waals surface area contributed by atoms with E-state index in [-0.39, 0.29) is 87.5 Å². The number of aliphatic hydroxyl groups is 5. The summed E-state index contributed by atoms with van der Waals surface area (Å²) < 4.78 is 6.03. The van der Waals surface area contributed by atoms with E-state index in [1.165, 1.54) is 0 Å². The van der Waals surface area contributed by atoms with Crippen LogP contribution in [-0.4, -0.2) is 159 Å². The highest BCUT2D eigenvalue weighted by Crippen LogP contribution is 2.70. The third kappa shape index (κ3) is 16.3. The van der Waals surface area contributed by atoms with Gasteiger partial charge in [0, 0.05) is 32.5 Å². The smallest absolute Gasteiger partial charge is 0.407 e. The number of hydrogen-bond donors (Lipinski definition) is 13. The van der Waals surface area contributed by atoms with Gasteiger partial charge in [-0.1, -0.05) is 41.5 Å². The van der Waals surface area contributed by atoms with Crippen LogP contribution in [-0.2, 0) is 14.3 Å². The molecule has 8 saturated carbocycles. The van der Waals surface area contributed by atoms with E-state index >= 15 is 0 Å². The van der Waals surface area contributed by atoms with E-state index in [0.717, 1.165) is 200 Å². The Balaban J connectivity index is 0.621. The van der Waals surface area contributed by atoms with Crippen molar-refractivity contribution >= 4 is 17.9 Å². The van der Waals surface area contributed by atoms with E-state index in [0.29, 0.717) is 86.7 Å². The summed E-state index contributed by atoms with van der Waals surface area (Å²) in [4.78, 5) is 38.9. The molecule has 0 saturated heterocycles. The van der Waals surface area contributed by atoms with Crippen LogP contribution in [0.5, 0.6) is 0 Å². The lowest BCUT2D eigenvalue weighted by Crippen LogP contribution is -2.62. The van der Waals surface area contributed by atoms with Gasteiger partial charge in [-0.25, -0.2) is 4.79 Å². The van der Waals surface area contributed by atoms with Crippen molar-refractivity contribution in [1.82, 2.24) is 37.2 Å². The van der Waals surface area contributed by atoms with Crippen molar-refractivity contribution in [3.05, 3.63) is 0 Å². The molecule has 86 heavy (non-hydrogen) atoms. The number of alkyl carbamates (subject to hydrolysis) is 1. The van der Waals surface area contributed by atoms with Crippen molar-refractivity contribution in [1.29, 1.82) is 0 Å². The van der Waals surface area contributed by atoms with Gasteiger partial charge in [-0.3, -0.25) is 9.59 Å². The highest BCUT2D eigenvalue weighted by atomic mass is 16.6. The molecule has 8 rings (SSSR count). The monoisotopic (exact) mass is 1210 g/mol. The molecule has 22 atom stereocenters. The van der Waals surface area contributed by atoms with E-state index < -0.39 is 18.3 Å².